The maximum atomic E-state index is 11.8. The number of urea groups is 1. The van der Waals surface area contributed by atoms with Crippen molar-refractivity contribution in [3.63, 3.8) is 0 Å². The minimum atomic E-state index is -1.03. The molecule has 0 aliphatic carbocycles. The van der Waals surface area contributed by atoms with E-state index in [4.69, 9.17) is 20.5 Å². The highest BCUT2D eigenvalue weighted by Gasteiger charge is 2.12. The number of carbonyl (C=O) groups excluding carboxylic acids is 2. The van der Waals surface area contributed by atoms with Crippen LogP contribution in [-0.4, -0.2) is 18.5 Å². The average molecular weight is 379 g/mol. The van der Waals surface area contributed by atoms with Crippen LogP contribution < -0.4 is 20.5 Å². The molecular weight excluding hydrogens is 358 g/mol. The fourth-order valence-electron chi connectivity index (χ4n) is 2.34. The number of nitriles is 1. The summed E-state index contributed by atoms with van der Waals surface area (Å²) in [4.78, 5) is 22.6. The molecule has 0 heterocycles. The van der Waals surface area contributed by atoms with E-state index in [2.05, 4.69) is 0 Å². The molecule has 0 saturated carbocycles. The number of nitrogens with two attached hydrogens (primary N) is 1. The third kappa shape index (κ3) is 5.88. The minimum Gasteiger partial charge on any atom is -0.490 e. The van der Waals surface area contributed by atoms with Crippen LogP contribution in [0.3, 0.4) is 0 Å². The second kappa shape index (κ2) is 9.78. The molecule has 2 aromatic carbocycles. The number of hydrogen-bond acceptors (Lipinski definition) is 5. The summed E-state index contributed by atoms with van der Waals surface area (Å²) in [6.45, 7) is 4.65. The van der Waals surface area contributed by atoms with Crippen molar-refractivity contribution in [3.8, 4) is 17.6 Å². The summed E-state index contributed by atoms with van der Waals surface area (Å²) in [5.74, 6) is 0.156. The molecule has 144 valence electrons. The molecule has 2 aromatic rings. The molecule has 7 nitrogen and oxygen atoms in total. The fourth-order valence-corrected chi connectivity index (χ4v) is 2.34. The molecule has 0 spiro atoms. The Kier molecular flexibility index (Phi) is 7.17. The number of carbonyl (C=O) groups is 2. The van der Waals surface area contributed by atoms with Crippen LogP contribution in [0.25, 0.3) is 6.08 Å². The monoisotopic (exact) mass is 379 g/mol. The van der Waals surface area contributed by atoms with Gasteiger partial charge in [0.2, 0.25) is 0 Å². The van der Waals surface area contributed by atoms with Crippen molar-refractivity contribution >= 4 is 18.0 Å². The molecule has 0 aliphatic rings. The van der Waals surface area contributed by atoms with Crippen LogP contribution in [-0.2, 0) is 11.4 Å². The molecule has 3 amide bonds. The largest absolute Gasteiger partial charge is 0.490 e. The van der Waals surface area contributed by atoms with Gasteiger partial charge in [-0.1, -0.05) is 35.9 Å². The van der Waals surface area contributed by atoms with E-state index >= 15 is 0 Å². The molecule has 3 N–H and O–H groups in total. The summed E-state index contributed by atoms with van der Waals surface area (Å²) in [6.07, 6.45) is 1.34. The zero-order valence-corrected chi connectivity index (χ0v) is 15.7. The van der Waals surface area contributed by atoms with Crippen LogP contribution in [0.1, 0.15) is 23.6 Å². The molecule has 0 atom stereocenters. The maximum Gasteiger partial charge on any atom is 0.319 e. The lowest BCUT2D eigenvalue weighted by Gasteiger charge is -2.13. The number of nitrogens with one attached hydrogen (secondary N) is 1. The summed E-state index contributed by atoms with van der Waals surface area (Å²) in [5, 5.41) is 11.0. The molecule has 0 radical (unpaired) electrons. The van der Waals surface area contributed by atoms with Gasteiger partial charge >= 0.3 is 6.03 Å². The lowest BCUT2D eigenvalue weighted by atomic mass is 10.1. The van der Waals surface area contributed by atoms with E-state index in [0.717, 1.165) is 5.56 Å². The van der Waals surface area contributed by atoms with E-state index in [1.807, 2.05) is 43.4 Å². The zero-order valence-electron chi connectivity index (χ0n) is 15.7. The van der Waals surface area contributed by atoms with Crippen molar-refractivity contribution in [2.45, 2.75) is 20.5 Å². The Morgan fingerprint density at radius 2 is 1.86 bits per heavy atom. The number of aryl methyl sites for hydroxylation is 1. The Morgan fingerprint density at radius 3 is 2.46 bits per heavy atom. The summed E-state index contributed by atoms with van der Waals surface area (Å²) in [7, 11) is 0. The molecule has 0 fully saturated rings. The number of hydrogen-bond donors (Lipinski definition) is 2. The van der Waals surface area contributed by atoms with Crippen molar-refractivity contribution < 1.29 is 19.1 Å². The van der Waals surface area contributed by atoms with Crippen LogP contribution in [0.4, 0.5) is 4.79 Å². The highest BCUT2D eigenvalue weighted by atomic mass is 16.5. The van der Waals surface area contributed by atoms with Crippen molar-refractivity contribution in [2.24, 2.45) is 5.73 Å². The number of benzene rings is 2. The fraction of sp³-hybridized carbons (Fsp3) is 0.190. The molecule has 28 heavy (non-hydrogen) atoms. The van der Waals surface area contributed by atoms with Crippen LogP contribution in [0.2, 0.25) is 0 Å². The summed E-state index contributed by atoms with van der Waals surface area (Å²) in [6, 6.07) is 13.8. The molecule has 0 aliphatic heterocycles. The molecule has 0 bridgehead atoms. The van der Waals surface area contributed by atoms with Crippen molar-refractivity contribution in [3.05, 3.63) is 64.7 Å². The van der Waals surface area contributed by atoms with E-state index in [0.29, 0.717) is 30.3 Å². The van der Waals surface area contributed by atoms with Crippen molar-refractivity contribution in [2.75, 3.05) is 6.61 Å². The third-order valence-electron chi connectivity index (χ3n) is 3.70. The topological polar surface area (TPSA) is 114 Å². The van der Waals surface area contributed by atoms with Crippen molar-refractivity contribution in [1.29, 1.82) is 5.26 Å². The highest BCUT2D eigenvalue weighted by molar-refractivity contribution is 6.08. The Bertz CT molecular complexity index is 928. The van der Waals surface area contributed by atoms with Gasteiger partial charge in [-0.25, -0.2) is 4.79 Å². The predicted octanol–water partition coefficient (Wildman–Crippen LogP) is 3.07. The lowest BCUT2D eigenvalue weighted by molar-refractivity contribution is -0.115. The van der Waals surface area contributed by atoms with Crippen LogP contribution in [0, 0.1) is 18.3 Å². The van der Waals surface area contributed by atoms with Gasteiger partial charge in [0.25, 0.3) is 5.91 Å². The molecule has 0 saturated heterocycles. The Balaban J connectivity index is 2.22. The maximum absolute atomic E-state index is 11.8. The smallest absolute Gasteiger partial charge is 0.319 e. The normalized spacial score (nSPS) is 10.7. The average Bonchev–Trinajstić information content (AvgIpc) is 2.66. The molecular formula is C21H21N3O4. The van der Waals surface area contributed by atoms with E-state index in [1.54, 1.807) is 24.3 Å². The Morgan fingerprint density at radius 1 is 1.14 bits per heavy atom. The highest BCUT2D eigenvalue weighted by Crippen LogP contribution is 2.30. The van der Waals surface area contributed by atoms with Gasteiger partial charge in [-0.2, -0.15) is 5.26 Å². The SMILES string of the molecule is CCOc1cc(/C=C(/C#N)C(=O)NC(N)=O)ccc1OCc1ccc(C)cc1. The van der Waals surface area contributed by atoms with Crippen LogP contribution >= 0.6 is 0 Å². The standard InChI is InChI=1S/C21H21N3O4/c1-3-27-19-11-16(10-17(12-22)20(25)24-21(23)26)8-9-18(19)28-13-15-6-4-14(2)5-7-15/h4-11H,3,13H2,1-2H3,(H3,23,24,25,26)/b17-10-. The Labute approximate surface area is 163 Å². The lowest BCUT2D eigenvalue weighted by Crippen LogP contribution is -2.35. The van der Waals surface area contributed by atoms with Gasteiger partial charge < -0.3 is 15.2 Å². The first kappa shape index (κ1) is 20.5. The summed E-state index contributed by atoms with van der Waals surface area (Å²) < 4.78 is 11.5. The summed E-state index contributed by atoms with van der Waals surface area (Å²) in [5.41, 5.74) is 7.39. The molecule has 7 heteroatoms. The predicted molar refractivity (Wildman–Crippen MR) is 104 cm³/mol. The molecule has 0 aromatic heterocycles. The van der Waals surface area contributed by atoms with Gasteiger partial charge in [-0.05, 0) is 43.2 Å². The number of imide groups is 1. The second-order valence-corrected chi connectivity index (χ2v) is 5.90. The van der Waals surface area contributed by atoms with E-state index < -0.39 is 11.9 Å². The van der Waals surface area contributed by atoms with E-state index in [9.17, 15) is 9.59 Å². The molecule has 2 rings (SSSR count). The molecule has 0 unspecified atom stereocenters. The van der Waals surface area contributed by atoms with Crippen LogP contribution in [0.5, 0.6) is 11.5 Å². The number of nitrogens with zero attached hydrogens (tertiary/aromatic N) is 1. The van der Waals surface area contributed by atoms with Gasteiger partial charge in [0.05, 0.1) is 6.61 Å². The zero-order chi connectivity index (χ0) is 20.5. The van der Waals surface area contributed by atoms with Crippen LogP contribution in [0.15, 0.2) is 48.0 Å². The number of ether oxygens (including phenoxy) is 2. The first-order valence-electron chi connectivity index (χ1n) is 8.60. The van der Waals surface area contributed by atoms with Gasteiger partial charge in [-0.15, -0.1) is 0 Å². The minimum absolute atomic E-state index is 0.255. The number of primary amides is 1. The van der Waals surface area contributed by atoms with E-state index in [1.165, 1.54) is 11.6 Å². The quantitative estimate of drug-likeness (QED) is 0.567. The van der Waals surface area contributed by atoms with Gasteiger partial charge in [0, 0.05) is 0 Å². The van der Waals surface area contributed by atoms with Gasteiger partial charge in [0.1, 0.15) is 18.2 Å². The van der Waals surface area contributed by atoms with E-state index in [-0.39, 0.29) is 5.57 Å². The summed E-state index contributed by atoms with van der Waals surface area (Å²) >= 11 is 0. The number of rotatable bonds is 7. The first-order chi connectivity index (χ1) is 13.4. The van der Waals surface area contributed by atoms with Gasteiger partial charge in [0.15, 0.2) is 11.5 Å². The Hall–Kier alpha value is -3.79. The van der Waals surface area contributed by atoms with Crippen molar-refractivity contribution in [1.82, 2.24) is 5.32 Å². The third-order valence-corrected chi connectivity index (χ3v) is 3.70. The first-order valence-corrected chi connectivity index (χ1v) is 8.60. The number of amides is 3. The second-order valence-electron chi connectivity index (χ2n) is 5.90. The van der Waals surface area contributed by atoms with Gasteiger partial charge in [-0.3, -0.25) is 10.1 Å².